The van der Waals surface area contributed by atoms with Gasteiger partial charge >= 0.3 is 0 Å². The first-order valence-electron chi connectivity index (χ1n) is 9.57. The minimum absolute atomic E-state index is 0.120. The molecule has 2 aromatic rings. The van der Waals surface area contributed by atoms with Gasteiger partial charge < -0.3 is 4.74 Å². The third kappa shape index (κ3) is 4.03. The smallest absolute Gasteiger partial charge is 0.214 e. The third-order valence-corrected chi connectivity index (χ3v) is 7.27. The Morgan fingerprint density at radius 2 is 1.81 bits per heavy atom. The monoisotopic (exact) mass is 386 g/mol. The molecule has 5 nitrogen and oxygen atoms in total. The molecule has 0 saturated heterocycles. The van der Waals surface area contributed by atoms with Crippen molar-refractivity contribution in [2.45, 2.75) is 33.0 Å². The largest absolute Gasteiger partial charge is 0.492 e. The van der Waals surface area contributed by atoms with Crippen LogP contribution < -0.4 is 4.74 Å². The molecular weight excluding hydrogens is 360 g/mol. The van der Waals surface area contributed by atoms with E-state index in [0.717, 1.165) is 37.4 Å². The molecule has 2 aromatic carbocycles. The molecule has 0 unspecified atom stereocenters. The van der Waals surface area contributed by atoms with Gasteiger partial charge in [-0.15, -0.1) is 0 Å². The van der Waals surface area contributed by atoms with E-state index in [2.05, 4.69) is 41.3 Å². The number of benzene rings is 2. The normalized spacial score (nSPS) is 18.3. The average Bonchev–Trinajstić information content (AvgIpc) is 2.90. The number of hydrogen-bond acceptors (Lipinski definition) is 4. The fourth-order valence-corrected chi connectivity index (χ4v) is 4.94. The number of nitrogens with zero attached hydrogens (tertiary/aromatic N) is 2. The van der Waals surface area contributed by atoms with Crippen LogP contribution in [0.15, 0.2) is 42.5 Å². The Hall–Kier alpha value is -1.89. The van der Waals surface area contributed by atoms with Crippen LogP contribution in [0.3, 0.4) is 0 Å². The van der Waals surface area contributed by atoms with Gasteiger partial charge in [0.1, 0.15) is 12.4 Å². The Bertz CT molecular complexity index is 927. The van der Waals surface area contributed by atoms with E-state index in [-0.39, 0.29) is 5.75 Å². The lowest BCUT2D eigenvalue weighted by atomic mass is 9.99. The van der Waals surface area contributed by atoms with Gasteiger partial charge in [-0.2, -0.15) is 4.31 Å². The van der Waals surface area contributed by atoms with Crippen molar-refractivity contribution in [3.63, 3.8) is 0 Å². The van der Waals surface area contributed by atoms with Crippen molar-refractivity contribution in [2.24, 2.45) is 0 Å². The summed E-state index contributed by atoms with van der Waals surface area (Å²) < 4.78 is 31.9. The maximum absolute atomic E-state index is 12.3. The Morgan fingerprint density at radius 1 is 1.00 bits per heavy atom. The third-order valence-electron chi connectivity index (χ3n) is 5.44. The lowest BCUT2D eigenvalue weighted by molar-refractivity contribution is 0.245. The van der Waals surface area contributed by atoms with Crippen molar-refractivity contribution in [2.75, 3.05) is 25.4 Å². The maximum Gasteiger partial charge on any atom is 0.214 e. The van der Waals surface area contributed by atoms with Gasteiger partial charge in [-0.1, -0.05) is 30.3 Å². The molecule has 2 aliphatic rings. The summed E-state index contributed by atoms with van der Waals surface area (Å²) in [6.07, 6.45) is 1.08. The molecule has 144 valence electrons. The van der Waals surface area contributed by atoms with Crippen molar-refractivity contribution < 1.29 is 13.2 Å². The van der Waals surface area contributed by atoms with E-state index < -0.39 is 10.0 Å². The van der Waals surface area contributed by atoms with Gasteiger partial charge in [0.15, 0.2) is 0 Å². The van der Waals surface area contributed by atoms with Gasteiger partial charge in [-0.05, 0) is 42.2 Å². The van der Waals surface area contributed by atoms with E-state index in [1.54, 1.807) is 11.2 Å². The molecule has 0 fully saturated rings. The number of hydrogen-bond donors (Lipinski definition) is 0. The SMILES string of the molecule is CCS(=O)(=O)N1CCOc2ccc(CN3CCc4ccccc4C3)cc2C1. The zero-order valence-corrected chi connectivity index (χ0v) is 16.5. The van der Waals surface area contributed by atoms with E-state index in [1.807, 2.05) is 6.07 Å². The highest BCUT2D eigenvalue weighted by Crippen LogP contribution is 2.27. The molecule has 2 heterocycles. The maximum atomic E-state index is 12.3. The summed E-state index contributed by atoms with van der Waals surface area (Å²) in [6, 6.07) is 14.8. The molecular formula is C21H26N2O3S. The number of rotatable bonds is 4. The summed E-state index contributed by atoms with van der Waals surface area (Å²) >= 11 is 0. The van der Waals surface area contributed by atoms with Crippen LogP contribution in [0.1, 0.15) is 29.2 Å². The first kappa shape index (κ1) is 18.5. The summed E-state index contributed by atoms with van der Waals surface area (Å²) in [5, 5.41) is 0. The molecule has 0 aromatic heterocycles. The van der Waals surface area contributed by atoms with Gasteiger partial charge in [0.25, 0.3) is 0 Å². The first-order chi connectivity index (χ1) is 13.0. The summed E-state index contributed by atoms with van der Waals surface area (Å²) in [5.41, 5.74) is 5.01. The van der Waals surface area contributed by atoms with Crippen LogP contribution in [-0.4, -0.2) is 43.1 Å². The van der Waals surface area contributed by atoms with Gasteiger partial charge in [-0.3, -0.25) is 4.90 Å². The van der Waals surface area contributed by atoms with Gasteiger partial charge in [0, 0.05) is 38.3 Å². The summed E-state index contributed by atoms with van der Waals surface area (Å²) in [7, 11) is -3.22. The Balaban J connectivity index is 1.51. The van der Waals surface area contributed by atoms with Crippen molar-refractivity contribution in [3.05, 3.63) is 64.7 Å². The van der Waals surface area contributed by atoms with E-state index in [4.69, 9.17) is 4.74 Å². The second kappa shape index (κ2) is 7.62. The standard InChI is InChI=1S/C21H26N2O3S/c1-2-27(24,25)23-11-12-26-21-8-7-17(13-20(21)16-23)14-22-10-9-18-5-3-4-6-19(18)15-22/h3-8,13H,2,9-12,14-16H2,1H3. The predicted octanol–water partition coefficient (Wildman–Crippen LogP) is 2.79. The Labute approximate surface area is 161 Å². The predicted molar refractivity (Wildman–Crippen MR) is 106 cm³/mol. The molecule has 0 amide bonds. The number of sulfonamides is 1. The molecule has 0 atom stereocenters. The lowest BCUT2D eigenvalue weighted by Gasteiger charge is -2.29. The second-order valence-corrected chi connectivity index (χ2v) is 9.51. The first-order valence-corrected chi connectivity index (χ1v) is 11.2. The van der Waals surface area contributed by atoms with E-state index in [0.29, 0.717) is 19.7 Å². The molecule has 0 radical (unpaired) electrons. The van der Waals surface area contributed by atoms with E-state index in [9.17, 15) is 8.42 Å². The van der Waals surface area contributed by atoms with Crippen molar-refractivity contribution in [1.82, 2.24) is 9.21 Å². The number of fused-ring (bicyclic) bond motifs is 2. The van der Waals surface area contributed by atoms with Crippen LogP contribution in [-0.2, 0) is 36.1 Å². The lowest BCUT2D eigenvalue weighted by Crippen LogP contribution is -2.33. The zero-order chi connectivity index (χ0) is 18.9. The van der Waals surface area contributed by atoms with Crippen molar-refractivity contribution >= 4 is 10.0 Å². The van der Waals surface area contributed by atoms with Gasteiger partial charge in [-0.25, -0.2) is 8.42 Å². The quantitative estimate of drug-likeness (QED) is 0.811. The van der Waals surface area contributed by atoms with Crippen LogP contribution in [0.5, 0.6) is 5.75 Å². The number of ether oxygens (including phenoxy) is 1. The molecule has 0 N–H and O–H groups in total. The zero-order valence-electron chi connectivity index (χ0n) is 15.7. The fraction of sp³-hybridized carbons (Fsp3) is 0.429. The highest BCUT2D eigenvalue weighted by atomic mass is 32.2. The topological polar surface area (TPSA) is 49.9 Å². The minimum atomic E-state index is -3.22. The molecule has 27 heavy (non-hydrogen) atoms. The minimum Gasteiger partial charge on any atom is -0.492 e. The summed E-state index contributed by atoms with van der Waals surface area (Å²) in [4.78, 5) is 2.45. The van der Waals surface area contributed by atoms with Crippen LogP contribution >= 0.6 is 0 Å². The molecule has 0 bridgehead atoms. The highest BCUT2D eigenvalue weighted by molar-refractivity contribution is 7.89. The van der Waals surface area contributed by atoms with Gasteiger partial charge in [0.05, 0.1) is 5.75 Å². The van der Waals surface area contributed by atoms with E-state index >= 15 is 0 Å². The van der Waals surface area contributed by atoms with Gasteiger partial charge in [0.2, 0.25) is 10.0 Å². The van der Waals surface area contributed by atoms with Crippen LogP contribution in [0.4, 0.5) is 0 Å². The average molecular weight is 387 g/mol. The second-order valence-electron chi connectivity index (χ2n) is 7.25. The van der Waals surface area contributed by atoms with Crippen LogP contribution in [0.25, 0.3) is 0 Å². The van der Waals surface area contributed by atoms with E-state index in [1.165, 1.54) is 16.7 Å². The van der Waals surface area contributed by atoms with Crippen LogP contribution in [0.2, 0.25) is 0 Å². The molecule has 0 spiro atoms. The molecule has 2 aliphatic heterocycles. The fourth-order valence-electron chi connectivity index (χ4n) is 3.89. The molecule has 4 rings (SSSR count). The summed E-state index contributed by atoms with van der Waals surface area (Å²) in [5.74, 6) is 0.923. The Morgan fingerprint density at radius 3 is 2.63 bits per heavy atom. The van der Waals surface area contributed by atoms with Crippen molar-refractivity contribution in [1.29, 1.82) is 0 Å². The molecule has 0 saturated carbocycles. The van der Waals surface area contributed by atoms with Crippen LogP contribution in [0, 0.1) is 0 Å². The van der Waals surface area contributed by atoms with Crippen molar-refractivity contribution in [3.8, 4) is 5.75 Å². The molecule has 6 heteroatoms. The Kier molecular flexibility index (Phi) is 5.21. The highest BCUT2D eigenvalue weighted by Gasteiger charge is 2.25. The summed E-state index contributed by atoms with van der Waals surface area (Å²) in [6.45, 7) is 5.75. The molecule has 0 aliphatic carbocycles.